The van der Waals surface area contributed by atoms with Gasteiger partial charge in [-0.1, -0.05) is 70.2 Å². The third-order valence-corrected chi connectivity index (χ3v) is 8.80. The lowest BCUT2D eigenvalue weighted by atomic mass is 9.95. The summed E-state index contributed by atoms with van der Waals surface area (Å²) >= 11 is 0. The van der Waals surface area contributed by atoms with Crippen LogP contribution in [0.25, 0.3) is 11.4 Å². The van der Waals surface area contributed by atoms with Gasteiger partial charge in [0.15, 0.2) is 0 Å². The number of amides is 3. The molecule has 2 aromatic rings. The first-order chi connectivity index (χ1) is 25.3. The maximum atomic E-state index is 13.8. The van der Waals surface area contributed by atoms with E-state index in [2.05, 4.69) is 35.1 Å². The lowest BCUT2D eigenvalue weighted by Gasteiger charge is -2.30. The number of carbonyl (C=O) groups is 4. The van der Waals surface area contributed by atoms with Crippen molar-refractivity contribution < 1.29 is 28.7 Å². The van der Waals surface area contributed by atoms with Gasteiger partial charge in [-0.15, -0.1) is 0 Å². The predicted molar refractivity (Wildman–Crippen MR) is 213 cm³/mol. The second kappa shape index (κ2) is 23.3. The first kappa shape index (κ1) is 44.7. The van der Waals surface area contributed by atoms with E-state index in [9.17, 15) is 19.2 Å². The number of anilines is 1. The van der Waals surface area contributed by atoms with Crippen LogP contribution in [0.5, 0.6) is 0 Å². The van der Waals surface area contributed by atoms with Crippen molar-refractivity contribution in [1.82, 2.24) is 21.3 Å². The second-order valence-corrected chi connectivity index (χ2v) is 13.9. The van der Waals surface area contributed by atoms with Gasteiger partial charge in [-0.2, -0.15) is 0 Å². The number of carbonyl (C=O) groups excluding carboxylic acids is 4. The molecule has 1 atom stereocenters. The maximum Gasteiger partial charge on any atom is 0.407 e. The standard InChI is InChI=1S/C39H58N6O6.C2H6/c1-27(2)20-23-51-39(4,5)26-44-34(47)18-19-35(48)45-25-29-13-7-8-14-30(29)37(36(40)31-15-9-10-17-33(31)45)42-22-24-50-38(49)43-21-12-11-16-32(41-6)28(3)46;1-2/h7-10,13-15,17,27,32,41-42H,11-12,16,18-26,40H2,1-6H3,(H,43,49)(H,44,47);1-2H3/b37-36-;. The molecule has 0 fully saturated rings. The fourth-order valence-electron chi connectivity index (χ4n) is 5.75. The van der Waals surface area contributed by atoms with Crippen molar-refractivity contribution >= 4 is 40.8 Å². The number of alkyl carbamates (subject to hydrolysis) is 1. The van der Waals surface area contributed by atoms with Crippen molar-refractivity contribution in [2.45, 2.75) is 105 Å². The Morgan fingerprint density at radius 2 is 1.57 bits per heavy atom. The van der Waals surface area contributed by atoms with Gasteiger partial charge in [-0.05, 0) is 71.0 Å². The molecular weight excluding hydrogens is 672 g/mol. The van der Waals surface area contributed by atoms with Crippen molar-refractivity contribution in [3.05, 3.63) is 65.2 Å². The monoisotopic (exact) mass is 736 g/mol. The number of benzene rings is 2. The minimum Gasteiger partial charge on any atom is -0.448 e. The molecule has 53 heavy (non-hydrogen) atoms. The Balaban J connectivity index is 0.00000477. The first-order valence-electron chi connectivity index (χ1n) is 19.0. The van der Waals surface area contributed by atoms with Crippen LogP contribution < -0.4 is 31.9 Å². The van der Waals surface area contributed by atoms with Crippen LogP contribution in [0.3, 0.4) is 0 Å². The van der Waals surface area contributed by atoms with Gasteiger partial charge < -0.3 is 41.4 Å². The molecule has 6 N–H and O–H groups in total. The highest BCUT2D eigenvalue weighted by Crippen LogP contribution is 2.35. The van der Waals surface area contributed by atoms with E-state index >= 15 is 0 Å². The molecule has 2 aromatic carbocycles. The molecular formula is C41H64N6O6. The molecule has 1 aliphatic rings. The molecule has 0 aromatic heterocycles. The number of hydrogen-bond donors (Lipinski definition) is 5. The van der Waals surface area contributed by atoms with E-state index in [0.29, 0.717) is 61.2 Å². The van der Waals surface area contributed by atoms with E-state index in [1.807, 2.05) is 76.2 Å². The van der Waals surface area contributed by atoms with Gasteiger partial charge in [0, 0.05) is 50.2 Å². The highest BCUT2D eigenvalue weighted by molar-refractivity contribution is 6.02. The maximum absolute atomic E-state index is 13.8. The van der Waals surface area contributed by atoms with E-state index in [1.54, 1.807) is 18.9 Å². The molecule has 12 nitrogen and oxygen atoms in total. The molecule has 12 heteroatoms. The van der Waals surface area contributed by atoms with Gasteiger partial charge in [-0.3, -0.25) is 14.4 Å². The minimum absolute atomic E-state index is 0.0278. The Morgan fingerprint density at radius 3 is 2.25 bits per heavy atom. The van der Waals surface area contributed by atoms with Crippen LogP contribution in [-0.2, 0) is 30.4 Å². The number of nitrogens with two attached hydrogens (primary N) is 1. The Bertz CT molecular complexity index is 1510. The summed E-state index contributed by atoms with van der Waals surface area (Å²) < 4.78 is 11.4. The molecule has 0 aliphatic carbocycles. The van der Waals surface area contributed by atoms with Gasteiger partial charge in [0.2, 0.25) is 11.8 Å². The molecule has 3 amide bonds. The summed E-state index contributed by atoms with van der Waals surface area (Å²) in [6.45, 7) is 15.9. The molecule has 0 radical (unpaired) electrons. The Kier molecular flexibility index (Phi) is 19.7. The van der Waals surface area contributed by atoms with E-state index in [-0.39, 0.29) is 49.6 Å². The number of para-hydroxylation sites is 1. The fourth-order valence-corrected chi connectivity index (χ4v) is 5.75. The van der Waals surface area contributed by atoms with E-state index < -0.39 is 11.7 Å². The highest BCUT2D eigenvalue weighted by atomic mass is 16.5. The van der Waals surface area contributed by atoms with Crippen molar-refractivity contribution in [1.29, 1.82) is 0 Å². The van der Waals surface area contributed by atoms with Gasteiger partial charge in [0.25, 0.3) is 0 Å². The third kappa shape index (κ3) is 15.2. The zero-order valence-electron chi connectivity index (χ0n) is 33.2. The number of likely N-dealkylation sites (N-methyl/N-ethyl adjacent to an activating group) is 1. The first-order valence-corrected chi connectivity index (χ1v) is 19.0. The SMILES string of the molecule is CC.CNC(CCCCNC(=O)OCCN/C1=C(\N)c2ccccc2N(C(=O)CCC(=O)NCC(C)(C)OCCC(C)C)Cc2ccccc21)C(C)=O. The molecule has 1 unspecified atom stereocenters. The van der Waals surface area contributed by atoms with Gasteiger partial charge >= 0.3 is 6.09 Å². The summed E-state index contributed by atoms with van der Waals surface area (Å²) in [4.78, 5) is 52.1. The molecule has 294 valence electrons. The molecule has 1 aliphatic heterocycles. The summed E-state index contributed by atoms with van der Waals surface area (Å²) in [7, 11) is 1.77. The lowest BCUT2D eigenvalue weighted by molar-refractivity contribution is -0.126. The number of ether oxygens (including phenoxy) is 2. The Labute approximate surface area is 317 Å². The Morgan fingerprint density at radius 1 is 0.887 bits per heavy atom. The predicted octanol–water partition coefficient (Wildman–Crippen LogP) is 5.74. The molecule has 0 saturated carbocycles. The van der Waals surface area contributed by atoms with Gasteiger partial charge in [0.05, 0.1) is 35.3 Å². The molecule has 0 bridgehead atoms. The smallest absolute Gasteiger partial charge is 0.407 e. The largest absolute Gasteiger partial charge is 0.448 e. The average Bonchev–Trinajstić information content (AvgIpc) is 3.13. The van der Waals surface area contributed by atoms with Crippen LogP contribution in [0.4, 0.5) is 10.5 Å². The van der Waals surface area contributed by atoms with Crippen LogP contribution in [0.2, 0.25) is 0 Å². The van der Waals surface area contributed by atoms with Crippen LogP contribution in [-0.4, -0.2) is 75.2 Å². The van der Waals surface area contributed by atoms with Crippen molar-refractivity contribution in [2.75, 3.05) is 44.8 Å². The Hall–Kier alpha value is -4.42. The van der Waals surface area contributed by atoms with Crippen LogP contribution in [0, 0.1) is 5.92 Å². The number of ketones is 1. The lowest BCUT2D eigenvalue weighted by Crippen LogP contribution is -2.41. The minimum atomic E-state index is -0.514. The summed E-state index contributed by atoms with van der Waals surface area (Å²) in [5.41, 5.74) is 10.5. The quantitative estimate of drug-likeness (QED) is 0.107. The summed E-state index contributed by atoms with van der Waals surface area (Å²) in [5, 5.41) is 12.1. The van der Waals surface area contributed by atoms with Crippen molar-refractivity contribution in [2.24, 2.45) is 11.7 Å². The molecule has 1 heterocycles. The van der Waals surface area contributed by atoms with Gasteiger partial charge in [-0.25, -0.2) is 4.79 Å². The fraction of sp³-hybridized carbons (Fsp3) is 0.561. The number of nitrogens with zero attached hydrogens (tertiary/aromatic N) is 1. The summed E-state index contributed by atoms with van der Waals surface area (Å²) in [5.74, 6) is 0.238. The number of hydrogen-bond acceptors (Lipinski definition) is 9. The van der Waals surface area contributed by atoms with Crippen LogP contribution in [0.1, 0.15) is 104 Å². The number of Topliss-reactive ketones (excluding diaryl/α,β-unsaturated/α-hetero) is 1. The van der Waals surface area contributed by atoms with E-state index in [0.717, 1.165) is 30.4 Å². The zero-order chi connectivity index (χ0) is 39.4. The number of rotatable bonds is 20. The zero-order valence-corrected chi connectivity index (χ0v) is 33.2. The van der Waals surface area contributed by atoms with Crippen LogP contribution in [0.15, 0.2) is 48.5 Å². The summed E-state index contributed by atoms with van der Waals surface area (Å²) in [6.07, 6.45) is 2.75. The van der Waals surface area contributed by atoms with E-state index in [4.69, 9.17) is 15.2 Å². The van der Waals surface area contributed by atoms with Crippen molar-refractivity contribution in [3.63, 3.8) is 0 Å². The van der Waals surface area contributed by atoms with Gasteiger partial charge in [0.1, 0.15) is 12.4 Å². The molecule has 0 spiro atoms. The van der Waals surface area contributed by atoms with E-state index in [1.165, 1.54) is 0 Å². The van der Waals surface area contributed by atoms with Crippen molar-refractivity contribution in [3.8, 4) is 0 Å². The topological polar surface area (TPSA) is 164 Å². The normalized spacial score (nSPS) is 14.4. The third-order valence-electron chi connectivity index (χ3n) is 8.80. The number of nitrogens with one attached hydrogen (secondary N) is 4. The second-order valence-electron chi connectivity index (χ2n) is 13.9. The van der Waals surface area contributed by atoms with Crippen LogP contribution >= 0.6 is 0 Å². The number of fused-ring (bicyclic) bond motifs is 2. The molecule has 0 saturated heterocycles. The summed E-state index contributed by atoms with van der Waals surface area (Å²) in [6, 6.07) is 15.0. The molecule has 3 rings (SSSR count). The number of unbranched alkanes of at least 4 members (excludes halogenated alkanes) is 1. The highest BCUT2D eigenvalue weighted by Gasteiger charge is 2.27. The average molecular weight is 737 g/mol.